The maximum Gasteiger partial charge on any atom is 0.251 e. The number of ether oxygens (including phenoxy) is 1. The van der Waals surface area contributed by atoms with E-state index in [0.29, 0.717) is 25.1 Å². The molecular formula is C15H24N2O4S. The van der Waals surface area contributed by atoms with Crippen LogP contribution < -0.4 is 5.32 Å². The predicted octanol–water partition coefficient (Wildman–Crippen LogP) is 1.48. The minimum atomic E-state index is -3.59. The lowest BCUT2D eigenvalue weighted by Gasteiger charge is -2.21. The second-order valence-corrected chi connectivity index (χ2v) is 7.24. The zero-order valence-corrected chi connectivity index (χ0v) is 14.3. The molecule has 6 nitrogen and oxygen atoms in total. The third kappa shape index (κ3) is 4.79. The molecule has 0 heterocycles. The third-order valence-corrected chi connectivity index (χ3v) is 5.34. The van der Waals surface area contributed by atoms with Gasteiger partial charge in [0.05, 0.1) is 4.90 Å². The molecule has 0 saturated heterocycles. The van der Waals surface area contributed by atoms with Crippen molar-refractivity contribution in [1.29, 1.82) is 0 Å². The first-order valence-electron chi connectivity index (χ1n) is 7.16. The normalized spacial score (nSPS) is 11.9. The molecule has 0 fully saturated rings. The quantitative estimate of drug-likeness (QED) is 0.734. The first-order chi connectivity index (χ1) is 10.3. The highest BCUT2D eigenvalue weighted by Crippen LogP contribution is 2.17. The van der Waals surface area contributed by atoms with Gasteiger partial charge in [0.1, 0.15) is 0 Å². The third-order valence-electron chi connectivity index (χ3n) is 3.31. The fourth-order valence-electron chi connectivity index (χ4n) is 1.76. The summed E-state index contributed by atoms with van der Waals surface area (Å²) in [6, 6.07) is 5.91. The van der Waals surface area contributed by atoms with Gasteiger partial charge in [-0.25, -0.2) is 8.42 Å². The molecule has 0 saturated carbocycles. The number of amides is 1. The van der Waals surface area contributed by atoms with E-state index in [-0.39, 0.29) is 16.8 Å². The van der Waals surface area contributed by atoms with Gasteiger partial charge in [0, 0.05) is 38.9 Å². The number of hydrogen-bond donors (Lipinski definition) is 1. The maximum atomic E-state index is 12.4. The van der Waals surface area contributed by atoms with Crippen LogP contribution in [-0.2, 0) is 14.8 Å². The van der Waals surface area contributed by atoms with Gasteiger partial charge in [0.15, 0.2) is 0 Å². The summed E-state index contributed by atoms with van der Waals surface area (Å²) in [5.41, 5.74) is 0.329. The largest absolute Gasteiger partial charge is 0.385 e. The number of methoxy groups -OCH3 is 1. The van der Waals surface area contributed by atoms with Gasteiger partial charge in [0.25, 0.3) is 5.91 Å². The molecule has 0 aliphatic rings. The van der Waals surface area contributed by atoms with Gasteiger partial charge in [-0.05, 0) is 38.5 Å². The van der Waals surface area contributed by atoms with Crippen molar-refractivity contribution in [3.63, 3.8) is 0 Å². The van der Waals surface area contributed by atoms with Crippen LogP contribution in [0.3, 0.4) is 0 Å². The molecule has 0 aromatic heterocycles. The van der Waals surface area contributed by atoms with Gasteiger partial charge in [-0.15, -0.1) is 0 Å². The number of carbonyl (C=O) groups excluding carboxylic acids is 1. The van der Waals surface area contributed by atoms with Gasteiger partial charge in [-0.3, -0.25) is 4.79 Å². The summed E-state index contributed by atoms with van der Waals surface area (Å²) in [5, 5.41) is 2.74. The standard InChI is InChI=1S/C15H24N2O4S/c1-12(2)17(3)22(19,20)14-8-5-7-13(11-14)15(18)16-9-6-10-21-4/h5,7-8,11-12H,6,9-10H2,1-4H3,(H,16,18). The van der Waals surface area contributed by atoms with Crippen molar-refractivity contribution in [2.75, 3.05) is 27.3 Å². The van der Waals surface area contributed by atoms with Crippen LogP contribution in [0.4, 0.5) is 0 Å². The molecule has 0 bridgehead atoms. The number of nitrogens with one attached hydrogen (secondary N) is 1. The maximum absolute atomic E-state index is 12.4. The second-order valence-electron chi connectivity index (χ2n) is 5.25. The summed E-state index contributed by atoms with van der Waals surface area (Å²) in [6.07, 6.45) is 0.705. The highest BCUT2D eigenvalue weighted by atomic mass is 32.2. The highest BCUT2D eigenvalue weighted by molar-refractivity contribution is 7.89. The monoisotopic (exact) mass is 328 g/mol. The van der Waals surface area contributed by atoms with E-state index in [0.717, 1.165) is 0 Å². The van der Waals surface area contributed by atoms with E-state index in [9.17, 15) is 13.2 Å². The lowest BCUT2D eigenvalue weighted by Crippen LogP contribution is -2.33. The van der Waals surface area contributed by atoms with Crippen LogP contribution in [0, 0.1) is 0 Å². The fraction of sp³-hybridized carbons (Fsp3) is 0.533. The molecule has 7 heteroatoms. The van der Waals surface area contributed by atoms with Crippen LogP contribution in [0.15, 0.2) is 29.2 Å². The summed E-state index contributed by atoms with van der Waals surface area (Å²) in [4.78, 5) is 12.1. The number of carbonyl (C=O) groups is 1. The van der Waals surface area contributed by atoms with Crippen molar-refractivity contribution >= 4 is 15.9 Å². The Morgan fingerprint density at radius 1 is 1.36 bits per heavy atom. The number of hydrogen-bond acceptors (Lipinski definition) is 4. The molecule has 0 radical (unpaired) electrons. The Bertz CT molecular complexity index is 599. The van der Waals surface area contributed by atoms with Gasteiger partial charge in [0.2, 0.25) is 10.0 Å². The molecular weight excluding hydrogens is 304 g/mol. The Labute approximate surface area is 132 Å². The zero-order chi connectivity index (χ0) is 16.8. The number of nitrogens with zero attached hydrogens (tertiary/aromatic N) is 1. The van der Waals surface area contributed by atoms with E-state index >= 15 is 0 Å². The number of sulfonamides is 1. The lowest BCUT2D eigenvalue weighted by molar-refractivity contribution is 0.0948. The average molecular weight is 328 g/mol. The van der Waals surface area contributed by atoms with Gasteiger partial charge in [-0.1, -0.05) is 6.07 Å². The molecule has 1 rings (SSSR count). The van der Waals surface area contributed by atoms with Crippen molar-refractivity contribution in [2.24, 2.45) is 0 Å². The Kier molecular flexibility index (Phi) is 6.99. The van der Waals surface area contributed by atoms with E-state index in [1.165, 1.54) is 23.5 Å². The lowest BCUT2D eigenvalue weighted by atomic mass is 10.2. The second kappa shape index (κ2) is 8.26. The molecule has 1 amide bonds. The van der Waals surface area contributed by atoms with Gasteiger partial charge in [-0.2, -0.15) is 4.31 Å². The van der Waals surface area contributed by atoms with Crippen LogP contribution in [0.25, 0.3) is 0 Å². The van der Waals surface area contributed by atoms with E-state index in [1.807, 2.05) is 0 Å². The Hall–Kier alpha value is -1.44. The minimum Gasteiger partial charge on any atom is -0.385 e. The van der Waals surface area contributed by atoms with E-state index in [2.05, 4.69) is 5.32 Å². The summed E-state index contributed by atoms with van der Waals surface area (Å²) < 4.78 is 31.0. The first kappa shape index (κ1) is 18.6. The molecule has 1 aromatic carbocycles. The van der Waals surface area contributed by atoms with Crippen LogP contribution in [0.5, 0.6) is 0 Å². The molecule has 0 aliphatic carbocycles. The first-order valence-corrected chi connectivity index (χ1v) is 8.60. The van der Waals surface area contributed by atoms with E-state index in [1.54, 1.807) is 33.1 Å². The van der Waals surface area contributed by atoms with Crippen molar-refractivity contribution in [1.82, 2.24) is 9.62 Å². The number of rotatable bonds is 8. The Balaban J connectivity index is 2.88. The summed E-state index contributed by atoms with van der Waals surface area (Å²) in [7, 11) is -0.466. The van der Waals surface area contributed by atoms with E-state index in [4.69, 9.17) is 4.74 Å². The Morgan fingerprint density at radius 2 is 2.05 bits per heavy atom. The minimum absolute atomic E-state index is 0.119. The van der Waals surface area contributed by atoms with E-state index < -0.39 is 10.0 Å². The topological polar surface area (TPSA) is 75.7 Å². The smallest absolute Gasteiger partial charge is 0.251 e. The molecule has 0 spiro atoms. The van der Waals surface area contributed by atoms with Gasteiger partial charge < -0.3 is 10.1 Å². The zero-order valence-electron chi connectivity index (χ0n) is 13.5. The number of benzene rings is 1. The van der Waals surface area contributed by atoms with Crippen molar-refractivity contribution in [3.8, 4) is 0 Å². The van der Waals surface area contributed by atoms with Gasteiger partial charge >= 0.3 is 0 Å². The molecule has 0 unspecified atom stereocenters. The van der Waals surface area contributed by atoms with Crippen molar-refractivity contribution < 1.29 is 17.9 Å². The summed E-state index contributed by atoms with van der Waals surface area (Å²) in [6.45, 7) is 4.64. The molecule has 0 aliphatic heterocycles. The van der Waals surface area contributed by atoms with Crippen LogP contribution in [0.2, 0.25) is 0 Å². The summed E-state index contributed by atoms with van der Waals surface area (Å²) >= 11 is 0. The highest BCUT2D eigenvalue weighted by Gasteiger charge is 2.23. The molecule has 124 valence electrons. The molecule has 1 aromatic rings. The summed E-state index contributed by atoms with van der Waals surface area (Å²) in [5.74, 6) is -0.291. The predicted molar refractivity (Wildman–Crippen MR) is 85.4 cm³/mol. The van der Waals surface area contributed by atoms with Crippen molar-refractivity contribution in [2.45, 2.75) is 31.2 Å². The fourth-order valence-corrected chi connectivity index (χ4v) is 3.18. The average Bonchev–Trinajstić information content (AvgIpc) is 2.50. The molecule has 0 atom stereocenters. The van der Waals surface area contributed by atoms with Crippen LogP contribution in [-0.4, -0.2) is 52.0 Å². The van der Waals surface area contributed by atoms with Crippen LogP contribution in [0.1, 0.15) is 30.6 Å². The molecule has 1 N–H and O–H groups in total. The van der Waals surface area contributed by atoms with Crippen molar-refractivity contribution in [3.05, 3.63) is 29.8 Å². The molecule has 22 heavy (non-hydrogen) atoms. The Morgan fingerprint density at radius 3 is 2.64 bits per heavy atom. The van der Waals surface area contributed by atoms with Crippen LogP contribution >= 0.6 is 0 Å². The SMILES string of the molecule is COCCCNC(=O)c1cccc(S(=O)(=O)N(C)C(C)C)c1.